The molecule has 0 aromatic rings. The predicted molar refractivity (Wildman–Crippen MR) is 30.1 cm³/mol. The van der Waals surface area contributed by atoms with Crippen molar-refractivity contribution in [2.45, 2.75) is 17.2 Å². The van der Waals surface area contributed by atoms with Crippen molar-refractivity contribution in [3.8, 4) is 0 Å². The van der Waals surface area contributed by atoms with E-state index in [-0.39, 0.29) is 0 Å². The Labute approximate surface area is 65.0 Å². The van der Waals surface area contributed by atoms with Crippen molar-refractivity contribution >= 4 is 11.6 Å². The third-order valence-electron chi connectivity index (χ3n) is 1.81. The Balaban J connectivity index is 2.79. The van der Waals surface area contributed by atoms with E-state index in [0.29, 0.717) is 0 Å². The Kier molecular flexibility index (Phi) is 1.84. The van der Waals surface area contributed by atoms with Gasteiger partial charge in [-0.15, -0.1) is 11.6 Å². The molecule has 1 fully saturated rings. The van der Waals surface area contributed by atoms with Gasteiger partial charge in [-0.2, -0.15) is 17.6 Å². The van der Waals surface area contributed by atoms with Gasteiger partial charge in [-0.25, -0.2) is 0 Å². The van der Waals surface area contributed by atoms with Gasteiger partial charge in [0, 0.05) is 0 Å². The highest BCUT2D eigenvalue weighted by atomic mass is 35.5. The van der Waals surface area contributed by atoms with Gasteiger partial charge in [0.15, 0.2) is 0 Å². The molecule has 0 spiro atoms. The van der Waals surface area contributed by atoms with Crippen LogP contribution in [-0.4, -0.2) is 28.9 Å². The fourth-order valence-electron chi connectivity index (χ4n) is 0.978. The standard InChI is InChI=1S/C5H5ClF4O/c6-3-2(1-11)4(7,8)5(3,9)10/h2-3,11H,1H2. The first kappa shape index (κ1) is 9.06. The van der Waals surface area contributed by atoms with Crippen LogP contribution < -0.4 is 0 Å². The van der Waals surface area contributed by atoms with Crippen LogP contribution in [0.3, 0.4) is 0 Å². The molecule has 0 aromatic carbocycles. The average molecular weight is 193 g/mol. The minimum atomic E-state index is -4.18. The first-order valence-corrected chi connectivity index (χ1v) is 3.30. The molecule has 1 nitrogen and oxygen atoms in total. The molecule has 1 saturated carbocycles. The zero-order valence-electron chi connectivity index (χ0n) is 5.20. The Morgan fingerprint density at radius 2 is 1.64 bits per heavy atom. The SMILES string of the molecule is OCC1C(Cl)C(F)(F)C1(F)F. The van der Waals surface area contributed by atoms with Gasteiger partial charge in [0.05, 0.1) is 12.5 Å². The molecule has 2 unspecified atom stereocenters. The highest BCUT2D eigenvalue weighted by Gasteiger charge is 2.77. The van der Waals surface area contributed by atoms with Gasteiger partial charge >= 0.3 is 11.8 Å². The first-order valence-electron chi connectivity index (χ1n) is 2.86. The topological polar surface area (TPSA) is 20.2 Å². The minimum absolute atomic E-state index is 1.02. The molecule has 0 aromatic heterocycles. The molecule has 0 bridgehead atoms. The van der Waals surface area contributed by atoms with Gasteiger partial charge in [-0.3, -0.25) is 0 Å². The van der Waals surface area contributed by atoms with E-state index in [1.165, 1.54) is 0 Å². The highest BCUT2D eigenvalue weighted by molar-refractivity contribution is 6.22. The van der Waals surface area contributed by atoms with Crippen molar-refractivity contribution in [1.29, 1.82) is 0 Å². The minimum Gasteiger partial charge on any atom is -0.396 e. The lowest BCUT2D eigenvalue weighted by molar-refractivity contribution is -0.314. The third kappa shape index (κ3) is 0.871. The van der Waals surface area contributed by atoms with Crippen LogP contribution in [0, 0.1) is 5.92 Å². The van der Waals surface area contributed by atoms with Gasteiger partial charge in [0.25, 0.3) is 0 Å². The van der Waals surface area contributed by atoms with Crippen LogP contribution in [0.5, 0.6) is 0 Å². The van der Waals surface area contributed by atoms with Crippen LogP contribution in [0.4, 0.5) is 17.6 Å². The molecule has 1 aliphatic rings. The van der Waals surface area contributed by atoms with Crippen LogP contribution >= 0.6 is 11.6 Å². The summed E-state index contributed by atoms with van der Waals surface area (Å²) in [5.74, 6) is -10.2. The Morgan fingerprint density at radius 3 is 1.82 bits per heavy atom. The van der Waals surface area contributed by atoms with Crippen molar-refractivity contribution in [1.82, 2.24) is 0 Å². The molecule has 2 atom stereocenters. The monoisotopic (exact) mass is 192 g/mol. The van der Waals surface area contributed by atoms with Crippen LogP contribution in [-0.2, 0) is 0 Å². The second-order valence-electron chi connectivity index (χ2n) is 2.44. The zero-order chi connectivity index (χ0) is 8.86. The summed E-state index contributed by atoms with van der Waals surface area (Å²) in [7, 11) is 0. The van der Waals surface area contributed by atoms with E-state index in [9.17, 15) is 17.6 Å². The summed E-state index contributed by atoms with van der Waals surface area (Å²) in [4.78, 5) is 0. The molecule has 1 N–H and O–H groups in total. The number of halogens is 5. The van der Waals surface area contributed by atoms with Crippen molar-refractivity contribution in [2.75, 3.05) is 6.61 Å². The first-order chi connectivity index (χ1) is 4.85. The lowest BCUT2D eigenvalue weighted by Crippen LogP contribution is -2.68. The number of alkyl halides is 5. The Hall–Kier alpha value is -0.0300. The molecule has 0 heterocycles. The quantitative estimate of drug-likeness (QED) is 0.493. The van der Waals surface area contributed by atoms with Gasteiger partial charge < -0.3 is 5.11 Å². The highest BCUT2D eigenvalue weighted by Crippen LogP contribution is 2.57. The molecule has 66 valence electrons. The number of hydrogen-bond donors (Lipinski definition) is 1. The van der Waals surface area contributed by atoms with Crippen LogP contribution in [0.1, 0.15) is 0 Å². The molecule has 0 aliphatic heterocycles. The van der Waals surface area contributed by atoms with E-state index in [2.05, 4.69) is 0 Å². The van der Waals surface area contributed by atoms with Crippen molar-refractivity contribution in [3.63, 3.8) is 0 Å². The lowest BCUT2D eigenvalue weighted by Gasteiger charge is -2.47. The van der Waals surface area contributed by atoms with E-state index in [1.807, 2.05) is 0 Å². The summed E-state index contributed by atoms with van der Waals surface area (Å²) in [5, 5.41) is 6.27. The van der Waals surface area contributed by atoms with E-state index in [0.717, 1.165) is 0 Å². The fourth-order valence-corrected chi connectivity index (χ4v) is 1.36. The molecular weight excluding hydrogens is 187 g/mol. The maximum atomic E-state index is 12.2. The van der Waals surface area contributed by atoms with Crippen LogP contribution in [0.25, 0.3) is 0 Å². The van der Waals surface area contributed by atoms with Crippen LogP contribution in [0.15, 0.2) is 0 Å². The van der Waals surface area contributed by atoms with E-state index >= 15 is 0 Å². The molecule has 0 amide bonds. The molecule has 1 rings (SSSR count). The van der Waals surface area contributed by atoms with Crippen molar-refractivity contribution in [2.24, 2.45) is 5.92 Å². The van der Waals surface area contributed by atoms with Crippen molar-refractivity contribution in [3.05, 3.63) is 0 Å². The Morgan fingerprint density at radius 1 is 1.18 bits per heavy atom. The van der Waals surface area contributed by atoms with Gasteiger partial charge in [-0.1, -0.05) is 0 Å². The molecular formula is C5H5ClF4O. The second-order valence-corrected chi connectivity index (χ2v) is 2.91. The summed E-state index contributed by atoms with van der Waals surface area (Å²) < 4.78 is 48.8. The predicted octanol–water partition coefficient (Wildman–Crippen LogP) is 1.49. The molecule has 11 heavy (non-hydrogen) atoms. The number of aliphatic hydroxyl groups is 1. The van der Waals surface area contributed by atoms with Gasteiger partial charge in [0.1, 0.15) is 5.38 Å². The summed E-state index contributed by atoms with van der Waals surface area (Å²) in [6.45, 7) is -1.02. The van der Waals surface area contributed by atoms with E-state index < -0.39 is 29.7 Å². The number of aliphatic hydroxyl groups excluding tert-OH is 1. The third-order valence-corrected chi connectivity index (χ3v) is 2.38. The summed E-state index contributed by atoms with van der Waals surface area (Å²) in [5.41, 5.74) is 0. The zero-order valence-corrected chi connectivity index (χ0v) is 5.95. The van der Waals surface area contributed by atoms with Crippen molar-refractivity contribution < 1.29 is 22.7 Å². The fraction of sp³-hybridized carbons (Fsp3) is 1.00. The normalized spacial score (nSPS) is 39.8. The van der Waals surface area contributed by atoms with E-state index in [4.69, 9.17) is 16.7 Å². The van der Waals surface area contributed by atoms with Crippen LogP contribution in [0.2, 0.25) is 0 Å². The largest absolute Gasteiger partial charge is 0.396 e. The number of rotatable bonds is 1. The number of hydrogen-bond acceptors (Lipinski definition) is 1. The maximum Gasteiger partial charge on any atom is 0.327 e. The second kappa shape index (κ2) is 2.23. The molecule has 6 heteroatoms. The maximum absolute atomic E-state index is 12.2. The van der Waals surface area contributed by atoms with Gasteiger partial charge in [-0.05, 0) is 0 Å². The lowest BCUT2D eigenvalue weighted by atomic mass is 9.76. The summed E-state index contributed by atoms with van der Waals surface area (Å²) in [6.07, 6.45) is 0. The molecule has 0 saturated heterocycles. The molecule has 0 radical (unpaired) electrons. The van der Waals surface area contributed by atoms with E-state index in [1.54, 1.807) is 0 Å². The molecule has 1 aliphatic carbocycles. The smallest absolute Gasteiger partial charge is 0.327 e. The average Bonchev–Trinajstić information content (AvgIpc) is 1.88. The summed E-state index contributed by atoms with van der Waals surface area (Å²) >= 11 is 4.90. The Bertz CT molecular complexity index is 172. The summed E-state index contributed by atoms with van der Waals surface area (Å²) in [6, 6.07) is 0. The van der Waals surface area contributed by atoms with Gasteiger partial charge in [0.2, 0.25) is 0 Å².